The molecule has 1 aliphatic rings. The SMILES string of the molecule is CCCNc1nc(C)c([N+](=O)[O-])c(NCC2(C)CC2)n1. The van der Waals surface area contributed by atoms with E-state index in [0.29, 0.717) is 24.0 Å². The Kier molecular flexibility index (Phi) is 4.06. The molecule has 1 fully saturated rings. The fraction of sp³-hybridized carbons (Fsp3) is 0.692. The van der Waals surface area contributed by atoms with Crippen LogP contribution < -0.4 is 10.6 Å². The van der Waals surface area contributed by atoms with Crippen molar-refractivity contribution in [3.63, 3.8) is 0 Å². The summed E-state index contributed by atoms with van der Waals surface area (Å²) in [6.07, 6.45) is 3.25. The van der Waals surface area contributed by atoms with Crippen molar-refractivity contribution >= 4 is 17.5 Å². The second-order valence-electron chi connectivity index (χ2n) is 5.68. The fourth-order valence-electron chi connectivity index (χ4n) is 1.91. The summed E-state index contributed by atoms with van der Waals surface area (Å²) >= 11 is 0. The third kappa shape index (κ3) is 3.34. The van der Waals surface area contributed by atoms with E-state index in [1.54, 1.807) is 6.92 Å². The zero-order valence-electron chi connectivity index (χ0n) is 12.2. The first-order valence-electron chi connectivity index (χ1n) is 6.96. The third-order valence-electron chi connectivity index (χ3n) is 3.56. The quantitative estimate of drug-likeness (QED) is 0.589. The van der Waals surface area contributed by atoms with E-state index >= 15 is 0 Å². The topological polar surface area (TPSA) is 93.0 Å². The van der Waals surface area contributed by atoms with Crippen LogP contribution in [0.25, 0.3) is 0 Å². The van der Waals surface area contributed by atoms with Gasteiger partial charge in [0.05, 0.1) is 4.92 Å². The number of rotatable bonds is 7. The van der Waals surface area contributed by atoms with Crippen molar-refractivity contribution in [2.24, 2.45) is 5.41 Å². The molecule has 0 saturated heterocycles. The summed E-state index contributed by atoms with van der Waals surface area (Å²) in [5, 5.41) is 17.4. The Morgan fingerprint density at radius 2 is 2.05 bits per heavy atom. The molecule has 1 aliphatic carbocycles. The van der Waals surface area contributed by atoms with E-state index < -0.39 is 4.92 Å². The Morgan fingerprint density at radius 3 is 2.60 bits per heavy atom. The first-order valence-corrected chi connectivity index (χ1v) is 6.96. The molecule has 0 bridgehead atoms. The van der Waals surface area contributed by atoms with E-state index in [4.69, 9.17) is 0 Å². The Hall–Kier alpha value is -1.92. The van der Waals surface area contributed by atoms with Gasteiger partial charge in [0.25, 0.3) is 0 Å². The van der Waals surface area contributed by atoms with Gasteiger partial charge >= 0.3 is 5.69 Å². The molecular weight excluding hydrogens is 258 g/mol. The molecule has 7 heteroatoms. The molecule has 1 aromatic heterocycles. The Morgan fingerprint density at radius 1 is 1.35 bits per heavy atom. The van der Waals surface area contributed by atoms with Gasteiger partial charge < -0.3 is 10.6 Å². The lowest BCUT2D eigenvalue weighted by molar-refractivity contribution is -0.385. The van der Waals surface area contributed by atoms with Crippen molar-refractivity contribution in [3.8, 4) is 0 Å². The predicted molar refractivity (Wildman–Crippen MR) is 78.0 cm³/mol. The summed E-state index contributed by atoms with van der Waals surface area (Å²) in [4.78, 5) is 19.1. The summed E-state index contributed by atoms with van der Waals surface area (Å²) in [5.74, 6) is 0.757. The van der Waals surface area contributed by atoms with Crippen LogP contribution in [0.5, 0.6) is 0 Å². The van der Waals surface area contributed by atoms with Crippen LogP contribution in [0.3, 0.4) is 0 Å². The number of aromatic nitrogens is 2. The number of nitro groups is 1. The molecule has 0 aromatic carbocycles. The van der Waals surface area contributed by atoms with Gasteiger partial charge in [0, 0.05) is 13.1 Å². The van der Waals surface area contributed by atoms with Crippen molar-refractivity contribution in [1.29, 1.82) is 0 Å². The van der Waals surface area contributed by atoms with Crippen molar-refractivity contribution in [1.82, 2.24) is 9.97 Å². The summed E-state index contributed by atoms with van der Waals surface area (Å²) < 4.78 is 0. The van der Waals surface area contributed by atoms with E-state index in [0.717, 1.165) is 25.8 Å². The van der Waals surface area contributed by atoms with Gasteiger partial charge in [-0.3, -0.25) is 10.1 Å². The molecule has 0 radical (unpaired) electrons. The molecule has 0 spiro atoms. The lowest BCUT2D eigenvalue weighted by Gasteiger charge is -2.13. The molecule has 0 atom stereocenters. The number of aryl methyl sites for hydroxylation is 1. The maximum Gasteiger partial charge on any atom is 0.332 e. The molecule has 2 rings (SSSR count). The van der Waals surface area contributed by atoms with Gasteiger partial charge in [0.15, 0.2) is 0 Å². The highest BCUT2D eigenvalue weighted by atomic mass is 16.6. The largest absolute Gasteiger partial charge is 0.364 e. The average Bonchev–Trinajstić information content (AvgIpc) is 3.11. The molecular formula is C13H21N5O2. The number of nitrogens with zero attached hydrogens (tertiary/aromatic N) is 3. The standard InChI is InChI=1S/C13H21N5O2/c1-4-7-14-12-16-9(2)10(18(19)20)11(17-12)15-8-13(3)5-6-13/h4-8H2,1-3H3,(H2,14,15,16,17). The molecule has 0 amide bonds. The number of anilines is 2. The number of hydrogen-bond donors (Lipinski definition) is 2. The van der Waals surface area contributed by atoms with Gasteiger partial charge in [-0.2, -0.15) is 4.98 Å². The summed E-state index contributed by atoms with van der Waals surface area (Å²) in [7, 11) is 0. The number of hydrogen-bond acceptors (Lipinski definition) is 6. The predicted octanol–water partition coefficient (Wildman–Crippen LogP) is 2.73. The van der Waals surface area contributed by atoms with Crippen LogP contribution in [0, 0.1) is 22.5 Å². The average molecular weight is 279 g/mol. The van der Waals surface area contributed by atoms with Crippen LogP contribution >= 0.6 is 0 Å². The highest BCUT2D eigenvalue weighted by Gasteiger charge is 2.37. The molecule has 1 saturated carbocycles. The molecule has 0 unspecified atom stereocenters. The number of nitrogens with one attached hydrogen (secondary N) is 2. The fourth-order valence-corrected chi connectivity index (χ4v) is 1.91. The Labute approximate surface area is 118 Å². The monoisotopic (exact) mass is 279 g/mol. The molecule has 20 heavy (non-hydrogen) atoms. The van der Waals surface area contributed by atoms with E-state index in [1.807, 2.05) is 6.92 Å². The second-order valence-corrected chi connectivity index (χ2v) is 5.68. The van der Waals surface area contributed by atoms with Gasteiger partial charge in [0.1, 0.15) is 5.69 Å². The molecule has 7 nitrogen and oxygen atoms in total. The molecule has 1 heterocycles. The first kappa shape index (κ1) is 14.5. The second kappa shape index (κ2) is 5.60. The maximum absolute atomic E-state index is 11.2. The van der Waals surface area contributed by atoms with Crippen molar-refractivity contribution < 1.29 is 4.92 Å². The van der Waals surface area contributed by atoms with Crippen molar-refractivity contribution in [2.75, 3.05) is 23.7 Å². The zero-order chi connectivity index (χ0) is 14.8. The minimum absolute atomic E-state index is 0.0312. The lowest BCUT2D eigenvalue weighted by Crippen LogP contribution is -2.16. The minimum Gasteiger partial charge on any atom is -0.364 e. The normalized spacial score (nSPS) is 15.8. The minimum atomic E-state index is -0.420. The summed E-state index contributed by atoms with van der Waals surface area (Å²) in [5.41, 5.74) is 0.604. The molecule has 110 valence electrons. The van der Waals surface area contributed by atoms with Gasteiger partial charge in [-0.05, 0) is 31.6 Å². The molecule has 0 aliphatic heterocycles. The van der Waals surface area contributed by atoms with Gasteiger partial charge in [-0.25, -0.2) is 4.98 Å². The van der Waals surface area contributed by atoms with E-state index in [1.165, 1.54) is 0 Å². The van der Waals surface area contributed by atoms with E-state index in [2.05, 4.69) is 27.5 Å². The first-order chi connectivity index (χ1) is 9.45. The van der Waals surface area contributed by atoms with Gasteiger partial charge in [-0.1, -0.05) is 13.8 Å². The van der Waals surface area contributed by atoms with Gasteiger partial charge in [0.2, 0.25) is 11.8 Å². The van der Waals surface area contributed by atoms with E-state index in [9.17, 15) is 10.1 Å². The van der Waals surface area contributed by atoms with Crippen LogP contribution in [-0.4, -0.2) is 28.0 Å². The highest BCUT2D eigenvalue weighted by molar-refractivity contribution is 5.61. The van der Waals surface area contributed by atoms with Crippen LogP contribution in [0.15, 0.2) is 0 Å². The van der Waals surface area contributed by atoms with Gasteiger partial charge in [-0.15, -0.1) is 0 Å². The highest BCUT2D eigenvalue weighted by Crippen LogP contribution is 2.45. The Bertz CT molecular complexity index is 514. The third-order valence-corrected chi connectivity index (χ3v) is 3.56. The van der Waals surface area contributed by atoms with Crippen LogP contribution in [0.1, 0.15) is 38.8 Å². The van der Waals surface area contributed by atoms with Crippen molar-refractivity contribution in [3.05, 3.63) is 15.8 Å². The smallest absolute Gasteiger partial charge is 0.332 e. The van der Waals surface area contributed by atoms with E-state index in [-0.39, 0.29) is 11.1 Å². The summed E-state index contributed by atoms with van der Waals surface area (Å²) in [6, 6.07) is 0. The Balaban J connectivity index is 2.23. The molecule has 2 N–H and O–H groups in total. The molecule has 1 aromatic rings. The zero-order valence-corrected chi connectivity index (χ0v) is 12.2. The van der Waals surface area contributed by atoms with Crippen LogP contribution in [0.2, 0.25) is 0 Å². The van der Waals surface area contributed by atoms with Crippen LogP contribution in [-0.2, 0) is 0 Å². The maximum atomic E-state index is 11.2. The summed E-state index contributed by atoms with van der Waals surface area (Å²) in [6.45, 7) is 7.29. The van der Waals surface area contributed by atoms with Crippen molar-refractivity contribution in [2.45, 2.75) is 40.0 Å². The van der Waals surface area contributed by atoms with Crippen LogP contribution in [0.4, 0.5) is 17.5 Å². The lowest BCUT2D eigenvalue weighted by atomic mass is 10.1.